The standard InChI is InChI=1S/C17H22N2O7S/c1-11(15(18)20)26-16(21)12-7-9-19(10-8-12)27(23,24)14-6-4-3-5-13(14)17(22)25-2/h3-6,11-12H,7-10H2,1-2H3,(H2,18,20)/t11-/m0/s1. The molecule has 10 heteroatoms. The lowest BCUT2D eigenvalue weighted by Gasteiger charge is -2.30. The molecule has 1 aliphatic heterocycles. The Bertz CT molecular complexity index is 829. The highest BCUT2D eigenvalue weighted by atomic mass is 32.2. The average molecular weight is 398 g/mol. The van der Waals surface area contributed by atoms with E-state index in [0.29, 0.717) is 0 Å². The van der Waals surface area contributed by atoms with E-state index in [0.717, 1.165) is 0 Å². The van der Waals surface area contributed by atoms with E-state index in [1.54, 1.807) is 6.07 Å². The van der Waals surface area contributed by atoms with E-state index in [-0.39, 0.29) is 36.4 Å². The molecular formula is C17H22N2O7S. The number of piperidine rings is 1. The number of ether oxygens (including phenoxy) is 2. The first kappa shape index (κ1) is 20.8. The SMILES string of the molecule is COC(=O)c1ccccc1S(=O)(=O)N1CCC(C(=O)O[C@@H](C)C(N)=O)CC1. The van der Waals surface area contributed by atoms with Crippen molar-refractivity contribution in [2.45, 2.75) is 30.8 Å². The van der Waals surface area contributed by atoms with Crippen LogP contribution in [-0.2, 0) is 29.1 Å². The van der Waals surface area contributed by atoms with E-state index in [1.165, 1.54) is 36.5 Å². The van der Waals surface area contributed by atoms with E-state index < -0.39 is 39.9 Å². The Morgan fingerprint density at radius 1 is 1.19 bits per heavy atom. The molecule has 1 fully saturated rings. The molecular weight excluding hydrogens is 376 g/mol. The van der Waals surface area contributed by atoms with Crippen molar-refractivity contribution < 1.29 is 32.3 Å². The van der Waals surface area contributed by atoms with E-state index in [4.69, 9.17) is 10.5 Å². The number of sulfonamides is 1. The summed E-state index contributed by atoms with van der Waals surface area (Å²) in [4.78, 5) is 34.8. The summed E-state index contributed by atoms with van der Waals surface area (Å²) in [6, 6.07) is 5.80. The summed E-state index contributed by atoms with van der Waals surface area (Å²) in [6.07, 6.45) is -0.556. The van der Waals surface area contributed by atoms with E-state index >= 15 is 0 Å². The predicted octanol–water partition coefficient (Wildman–Crippen LogP) is 0.291. The van der Waals surface area contributed by atoms with Gasteiger partial charge in [0, 0.05) is 13.1 Å². The summed E-state index contributed by atoms with van der Waals surface area (Å²) >= 11 is 0. The maximum atomic E-state index is 12.9. The zero-order valence-electron chi connectivity index (χ0n) is 15.1. The Kier molecular flexibility index (Phi) is 6.55. The van der Waals surface area contributed by atoms with Gasteiger partial charge < -0.3 is 15.2 Å². The zero-order chi connectivity index (χ0) is 20.2. The van der Waals surface area contributed by atoms with Crippen molar-refractivity contribution in [3.8, 4) is 0 Å². The zero-order valence-corrected chi connectivity index (χ0v) is 15.9. The van der Waals surface area contributed by atoms with Crippen LogP contribution in [0.25, 0.3) is 0 Å². The first-order chi connectivity index (χ1) is 12.7. The predicted molar refractivity (Wildman–Crippen MR) is 94.0 cm³/mol. The molecule has 0 unspecified atom stereocenters. The number of nitrogens with zero attached hydrogens (tertiary/aromatic N) is 1. The molecule has 27 heavy (non-hydrogen) atoms. The van der Waals surface area contributed by atoms with Gasteiger partial charge in [0.2, 0.25) is 10.0 Å². The summed E-state index contributed by atoms with van der Waals surface area (Å²) in [6.45, 7) is 1.55. The van der Waals surface area contributed by atoms with Crippen LogP contribution < -0.4 is 5.73 Å². The second-order valence-corrected chi connectivity index (χ2v) is 8.05. The molecule has 1 saturated heterocycles. The smallest absolute Gasteiger partial charge is 0.339 e. The third-order valence-corrected chi connectivity index (χ3v) is 6.35. The lowest BCUT2D eigenvalue weighted by molar-refractivity contribution is -0.159. The summed E-state index contributed by atoms with van der Waals surface area (Å²) in [5, 5.41) is 0. The van der Waals surface area contributed by atoms with Crippen LogP contribution in [0.3, 0.4) is 0 Å². The van der Waals surface area contributed by atoms with Crippen LogP contribution in [0.4, 0.5) is 0 Å². The topological polar surface area (TPSA) is 133 Å². The normalized spacial score (nSPS) is 17.1. The van der Waals surface area contributed by atoms with Crippen molar-refractivity contribution in [3.05, 3.63) is 29.8 Å². The summed E-state index contributed by atoms with van der Waals surface area (Å²) in [5.41, 5.74) is 5.02. The molecule has 148 valence electrons. The van der Waals surface area contributed by atoms with Gasteiger partial charge in [-0.15, -0.1) is 0 Å². The van der Waals surface area contributed by atoms with Crippen molar-refractivity contribution in [1.82, 2.24) is 4.31 Å². The van der Waals surface area contributed by atoms with Crippen LogP contribution in [0.2, 0.25) is 0 Å². The Hall–Kier alpha value is -2.46. The molecule has 1 atom stereocenters. The number of carbonyl (C=O) groups is 3. The van der Waals surface area contributed by atoms with Gasteiger partial charge in [-0.3, -0.25) is 9.59 Å². The molecule has 1 aromatic carbocycles. The van der Waals surface area contributed by atoms with E-state index in [2.05, 4.69) is 4.74 Å². The maximum Gasteiger partial charge on any atom is 0.339 e. The first-order valence-electron chi connectivity index (χ1n) is 8.35. The van der Waals surface area contributed by atoms with Gasteiger partial charge in [-0.1, -0.05) is 12.1 Å². The molecule has 2 rings (SSSR count). The van der Waals surface area contributed by atoms with Gasteiger partial charge in [-0.05, 0) is 31.9 Å². The van der Waals surface area contributed by atoms with Crippen LogP contribution in [-0.4, -0.2) is 56.9 Å². The summed E-state index contributed by atoms with van der Waals surface area (Å²) in [7, 11) is -2.75. The minimum atomic E-state index is -3.93. The maximum absolute atomic E-state index is 12.9. The van der Waals surface area contributed by atoms with E-state index in [1.807, 2.05) is 0 Å². The van der Waals surface area contributed by atoms with Crippen LogP contribution in [0, 0.1) is 5.92 Å². The van der Waals surface area contributed by atoms with Gasteiger partial charge in [0.15, 0.2) is 6.10 Å². The highest BCUT2D eigenvalue weighted by Crippen LogP contribution is 2.27. The van der Waals surface area contributed by atoms with Gasteiger partial charge >= 0.3 is 11.9 Å². The molecule has 0 aromatic heterocycles. The second-order valence-electron chi connectivity index (χ2n) is 6.15. The third-order valence-electron chi connectivity index (χ3n) is 4.39. The minimum absolute atomic E-state index is 0.0446. The van der Waals surface area contributed by atoms with Crippen LogP contribution in [0.1, 0.15) is 30.1 Å². The van der Waals surface area contributed by atoms with Crippen LogP contribution in [0.15, 0.2) is 29.2 Å². The monoisotopic (exact) mass is 398 g/mol. The molecule has 0 radical (unpaired) electrons. The number of primary amides is 1. The Labute approximate surface area is 157 Å². The van der Waals surface area contributed by atoms with Crippen molar-refractivity contribution in [2.24, 2.45) is 11.7 Å². The first-order valence-corrected chi connectivity index (χ1v) is 9.79. The number of esters is 2. The number of nitrogens with two attached hydrogens (primary N) is 1. The fraction of sp³-hybridized carbons (Fsp3) is 0.471. The molecule has 0 saturated carbocycles. The highest BCUT2D eigenvalue weighted by molar-refractivity contribution is 7.89. The summed E-state index contributed by atoms with van der Waals surface area (Å²) in [5.74, 6) is -2.58. The molecule has 1 heterocycles. The van der Waals surface area contributed by atoms with Crippen molar-refractivity contribution in [3.63, 3.8) is 0 Å². The molecule has 1 aliphatic rings. The largest absolute Gasteiger partial charge is 0.465 e. The lowest BCUT2D eigenvalue weighted by Crippen LogP contribution is -2.42. The van der Waals surface area contributed by atoms with Gasteiger partial charge in [0.05, 0.1) is 23.5 Å². The van der Waals surface area contributed by atoms with Gasteiger partial charge in [0.1, 0.15) is 0 Å². The van der Waals surface area contributed by atoms with Crippen molar-refractivity contribution in [1.29, 1.82) is 0 Å². The fourth-order valence-corrected chi connectivity index (χ4v) is 4.42. The number of hydrogen-bond acceptors (Lipinski definition) is 7. The number of benzene rings is 1. The summed E-state index contributed by atoms with van der Waals surface area (Å²) < 4.78 is 36.7. The van der Waals surface area contributed by atoms with Crippen LogP contribution in [0.5, 0.6) is 0 Å². The Morgan fingerprint density at radius 3 is 2.33 bits per heavy atom. The molecule has 0 spiro atoms. The third kappa shape index (κ3) is 4.64. The van der Waals surface area contributed by atoms with Crippen molar-refractivity contribution >= 4 is 27.9 Å². The van der Waals surface area contributed by atoms with Gasteiger partial charge in [-0.25, -0.2) is 13.2 Å². The molecule has 9 nitrogen and oxygen atoms in total. The van der Waals surface area contributed by atoms with E-state index in [9.17, 15) is 22.8 Å². The minimum Gasteiger partial charge on any atom is -0.465 e. The Morgan fingerprint density at radius 2 is 1.78 bits per heavy atom. The number of rotatable bonds is 6. The van der Waals surface area contributed by atoms with Crippen molar-refractivity contribution in [2.75, 3.05) is 20.2 Å². The van der Waals surface area contributed by atoms with Crippen LogP contribution >= 0.6 is 0 Å². The second kappa shape index (κ2) is 8.49. The molecule has 1 amide bonds. The number of carbonyl (C=O) groups excluding carboxylic acids is 3. The number of hydrogen-bond donors (Lipinski definition) is 1. The Balaban J connectivity index is 2.11. The lowest BCUT2D eigenvalue weighted by atomic mass is 9.98. The highest BCUT2D eigenvalue weighted by Gasteiger charge is 2.35. The quantitative estimate of drug-likeness (QED) is 0.681. The fourth-order valence-electron chi connectivity index (χ4n) is 2.77. The molecule has 0 aliphatic carbocycles. The molecule has 0 bridgehead atoms. The van der Waals surface area contributed by atoms with Gasteiger partial charge in [0.25, 0.3) is 5.91 Å². The number of amides is 1. The average Bonchev–Trinajstić information content (AvgIpc) is 2.67. The molecule has 2 N–H and O–H groups in total. The molecule has 1 aromatic rings. The number of methoxy groups -OCH3 is 1. The van der Waals surface area contributed by atoms with Gasteiger partial charge in [-0.2, -0.15) is 4.31 Å².